The molecule has 0 rings (SSSR count). The Morgan fingerprint density at radius 3 is 2.00 bits per heavy atom. The van der Waals surface area contributed by atoms with Gasteiger partial charge in [-0.25, -0.2) is 0 Å². The van der Waals surface area contributed by atoms with Crippen LogP contribution in [0.4, 0.5) is 0 Å². The number of carboxylic acid groups (broad SMARTS) is 1. The number of hydrogen-bond donors (Lipinski definition) is 1. The molecule has 0 unspecified atom stereocenters. The van der Waals surface area contributed by atoms with E-state index in [1.165, 1.54) is 0 Å². The van der Waals surface area contributed by atoms with Crippen molar-refractivity contribution in [2.45, 2.75) is 26.6 Å². The van der Waals surface area contributed by atoms with E-state index in [9.17, 15) is 4.79 Å². The van der Waals surface area contributed by atoms with Crippen LogP contribution >= 0.6 is 0 Å². The van der Waals surface area contributed by atoms with E-state index in [-0.39, 0.29) is 6.54 Å². The summed E-state index contributed by atoms with van der Waals surface area (Å²) in [5.41, 5.74) is 0. The molecule has 0 atom stereocenters. The van der Waals surface area contributed by atoms with E-state index in [2.05, 4.69) is 24.2 Å². The highest BCUT2D eigenvalue weighted by Crippen LogP contribution is 2.07. The molecular formula is C7H17NO2Si. The van der Waals surface area contributed by atoms with Crippen molar-refractivity contribution in [3.8, 4) is 0 Å². The average Bonchev–Trinajstić information content (AvgIpc) is 1.79. The van der Waals surface area contributed by atoms with Crippen molar-refractivity contribution in [1.82, 2.24) is 4.57 Å². The van der Waals surface area contributed by atoms with Crippen molar-refractivity contribution < 1.29 is 9.90 Å². The molecule has 0 bridgehead atoms. The fourth-order valence-corrected chi connectivity index (χ4v) is 2.54. The lowest BCUT2D eigenvalue weighted by Crippen LogP contribution is -2.48. The van der Waals surface area contributed by atoms with Crippen LogP contribution in [0.3, 0.4) is 0 Å². The van der Waals surface area contributed by atoms with Gasteiger partial charge in [0.15, 0.2) is 0 Å². The molecule has 4 heteroatoms. The van der Waals surface area contributed by atoms with Gasteiger partial charge in [0.2, 0.25) is 0 Å². The van der Waals surface area contributed by atoms with Crippen molar-refractivity contribution in [3.05, 3.63) is 0 Å². The molecule has 0 aliphatic heterocycles. The zero-order valence-electron chi connectivity index (χ0n) is 7.72. The molecule has 0 aromatic carbocycles. The first kappa shape index (κ1) is 10.6. The Morgan fingerprint density at radius 2 is 1.91 bits per heavy atom. The van der Waals surface area contributed by atoms with Gasteiger partial charge in [-0.2, -0.15) is 0 Å². The summed E-state index contributed by atoms with van der Waals surface area (Å²) in [6.07, 6.45) is 0. The molecule has 0 radical (unpaired) electrons. The summed E-state index contributed by atoms with van der Waals surface area (Å²) >= 11 is 0. The summed E-state index contributed by atoms with van der Waals surface area (Å²) in [6.45, 7) is 9.48. The van der Waals surface area contributed by atoms with Gasteiger partial charge in [-0.3, -0.25) is 4.79 Å². The minimum absolute atomic E-state index is 0.187. The third-order valence-corrected chi connectivity index (χ3v) is 4.03. The molecule has 0 aromatic heterocycles. The minimum Gasteiger partial charge on any atom is -0.480 e. The highest BCUT2D eigenvalue weighted by Gasteiger charge is 2.23. The highest BCUT2D eigenvalue weighted by atomic mass is 28.3. The van der Waals surface area contributed by atoms with Crippen LogP contribution in [0, 0.1) is 0 Å². The van der Waals surface area contributed by atoms with E-state index < -0.39 is 14.2 Å². The Bertz CT molecular complexity index is 142. The first-order valence-electron chi connectivity index (χ1n) is 3.84. The fraction of sp³-hybridized carbons (Fsp3) is 0.857. The molecule has 0 heterocycles. The van der Waals surface area contributed by atoms with Gasteiger partial charge in [0.05, 0.1) is 6.54 Å². The molecule has 0 aliphatic carbocycles. The number of aliphatic carboxylic acids is 1. The standard InChI is InChI=1S/C7H17NO2Si/c1-5-8(6-7(9)10)11(2,3)4/h5-6H2,1-4H3,(H,9,10). The van der Waals surface area contributed by atoms with Crippen LogP contribution in [0.5, 0.6) is 0 Å². The lowest BCUT2D eigenvalue weighted by atomic mass is 10.6. The molecule has 11 heavy (non-hydrogen) atoms. The minimum atomic E-state index is -1.40. The Labute approximate surface area is 69.1 Å². The second-order valence-electron chi connectivity index (χ2n) is 3.58. The second-order valence-corrected chi connectivity index (χ2v) is 8.55. The monoisotopic (exact) mass is 175 g/mol. The van der Waals surface area contributed by atoms with Crippen molar-refractivity contribution >= 4 is 14.2 Å². The van der Waals surface area contributed by atoms with Gasteiger partial charge in [0.25, 0.3) is 0 Å². The van der Waals surface area contributed by atoms with Crippen LogP contribution in [-0.2, 0) is 4.79 Å². The number of carbonyl (C=O) groups is 1. The molecule has 0 amide bonds. The normalized spacial score (nSPS) is 12.1. The first-order valence-corrected chi connectivity index (χ1v) is 7.29. The van der Waals surface area contributed by atoms with E-state index in [1.807, 2.05) is 6.92 Å². The summed E-state index contributed by atoms with van der Waals surface area (Å²) in [5.74, 6) is -0.728. The Morgan fingerprint density at radius 1 is 1.45 bits per heavy atom. The van der Waals surface area contributed by atoms with Gasteiger partial charge in [-0.05, 0) is 6.54 Å². The molecule has 3 nitrogen and oxygen atoms in total. The Kier molecular flexibility index (Phi) is 3.75. The van der Waals surface area contributed by atoms with Gasteiger partial charge >= 0.3 is 5.97 Å². The van der Waals surface area contributed by atoms with Crippen LogP contribution in [0.25, 0.3) is 0 Å². The van der Waals surface area contributed by atoms with Crippen molar-refractivity contribution in [2.75, 3.05) is 13.1 Å². The maximum absolute atomic E-state index is 10.4. The van der Waals surface area contributed by atoms with Gasteiger partial charge in [0, 0.05) is 0 Å². The third kappa shape index (κ3) is 4.16. The smallest absolute Gasteiger partial charge is 0.317 e. The van der Waals surface area contributed by atoms with Gasteiger partial charge in [-0.15, -0.1) is 0 Å². The molecule has 1 N–H and O–H groups in total. The zero-order chi connectivity index (χ0) is 9.07. The van der Waals surface area contributed by atoms with Gasteiger partial charge in [-0.1, -0.05) is 26.6 Å². The molecule has 66 valence electrons. The zero-order valence-corrected chi connectivity index (χ0v) is 8.72. The average molecular weight is 175 g/mol. The van der Waals surface area contributed by atoms with Crippen molar-refractivity contribution in [1.29, 1.82) is 0 Å². The van der Waals surface area contributed by atoms with Crippen LogP contribution in [0.2, 0.25) is 19.6 Å². The topological polar surface area (TPSA) is 40.5 Å². The summed E-state index contributed by atoms with van der Waals surface area (Å²) in [6, 6.07) is 0. The number of rotatable bonds is 4. The number of nitrogens with zero attached hydrogens (tertiary/aromatic N) is 1. The molecule has 0 saturated carbocycles. The quantitative estimate of drug-likeness (QED) is 0.653. The lowest BCUT2D eigenvalue weighted by molar-refractivity contribution is -0.137. The third-order valence-electron chi connectivity index (χ3n) is 1.66. The van der Waals surface area contributed by atoms with Crippen LogP contribution < -0.4 is 0 Å². The second kappa shape index (κ2) is 3.87. The van der Waals surface area contributed by atoms with E-state index in [4.69, 9.17) is 5.11 Å². The predicted molar refractivity (Wildman–Crippen MR) is 48.2 cm³/mol. The summed E-state index contributed by atoms with van der Waals surface area (Å²) in [7, 11) is -1.40. The maximum atomic E-state index is 10.4. The molecule has 0 spiro atoms. The predicted octanol–water partition coefficient (Wildman–Crippen LogP) is 1.23. The Balaban J connectivity index is 4.07. The van der Waals surface area contributed by atoms with E-state index in [0.29, 0.717) is 0 Å². The number of likely N-dealkylation sites (N-methyl/N-ethyl adjacent to an activating group) is 1. The van der Waals surface area contributed by atoms with Crippen LogP contribution in [0.1, 0.15) is 6.92 Å². The maximum Gasteiger partial charge on any atom is 0.317 e. The van der Waals surface area contributed by atoms with Crippen molar-refractivity contribution in [3.63, 3.8) is 0 Å². The number of hydrogen-bond acceptors (Lipinski definition) is 2. The van der Waals surface area contributed by atoms with Crippen LogP contribution in [0.15, 0.2) is 0 Å². The fourth-order valence-electron chi connectivity index (χ4n) is 0.987. The molecule has 0 aliphatic rings. The van der Waals surface area contributed by atoms with E-state index in [1.54, 1.807) is 0 Å². The van der Waals surface area contributed by atoms with E-state index >= 15 is 0 Å². The highest BCUT2D eigenvalue weighted by molar-refractivity contribution is 6.73. The molecule has 0 fully saturated rings. The molecule has 0 aromatic rings. The summed E-state index contributed by atoms with van der Waals surface area (Å²) in [4.78, 5) is 10.4. The number of carboxylic acids is 1. The molecule has 0 saturated heterocycles. The van der Waals surface area contributed by atoms with Crippen molar-refractivity contribution in [2.24, 2.45) is 0 Å². The largest absolute Gasteiger partial charge is 0.480 e. The first-order chi connectivity index (χ1) is 4.88. The van der Waals surface area contributed by atoms with Gasteiger partial charge in [0.1, 0.15) is 8.24 Å². The SMILES string of the molecule is CCN(CC(=O)O)[Si](C)(C)C. The summed E-state index contributed by atoms with van der Waals surface area (Å²) < 4.78 is 2.05. The van der Waals surface area contributed by atoms with E-state index in [0.717, 1.165) is 6.54 Å². The lowest BCUT2D eigenvalue weighted by Gasteiger charge is -2.31. The van der Waals surface area contributed by atoms with Crippen LogP contribution in [-0.4, -0.2) is 37.0 Å². The van der Waals surface area contributed by atoms with Gasteiger partial charge < -0.3 is 9.67 Å². The molecular weight excluding hydrogens is 158 g/mol. The summed E-state index contributed by atoms with van der Waals surface area (Å²) in [5, 5.41) is 8.56. The Hall–Kier alpha value is -0.353.